The smallest absolute Gasteiger partial charge is 0.188 e. The first-order valence-corrected chi connectivity index (χ1v) is 8.64. The molecule has 1 fully saturated rings. The van der Waals surface area contributed by atoms with Crippen molar-refractivity contribution in [2.45, 2.75) is 32.0 Å². The average molecular weight is 340 g/mol. The second kappa shape index (κ2) is 5.67. The zero-order chi connectivity index (χ0) is 16.7. The molecular weight excluding hydrogens is 320 g/mol. The third kappa shape index (κ3) is 2.31. The first-order chi connectivity index (χ1) is 11.6. The summed E-state index contributed by atoms with van der Waals surface area (Å²) in [6.07, 6.45) is 0.810. The van der Waals surface area contributed by atoms with E-state index in [0.717, 1.165) is 29.2 Å². The molecule has 0 saturated carbocycles. The monoisotopic (exact) mass is 340 g/mol. The maximum atomic E-state index is 6.40. The van der Waals surface area contributed by atoms with Crippen LogP contribution in [0.15, 0.2) is 48.5 Å². The molecule has 0 amide bonds. The van der Waals surface area contributed by atoms with Crippen molar-refractivity contribution in [1.82, 2.24) is 5.32 Å². The minimum absolute atomic E-state index is 0.169. The lowest BCUT2D eigenvalue weighted by Crippen LogP contribution is -2.65. The van der Waals surface area contributed by atoms with Crippen molar-refractivity contribution in [3.63, 3.8) is 0 Å². The van der Waals surface area contributed by atoms with Gasteiger partial charge in [-0.05, 0) is 44.3 Å². The Bertz CT molecular complexity index is 794. The number of ether oxygens (including phenoxy) is 2. The second-order valence-corrected chi connectivity index (χ2v) is 6.64. The number of anilines is 1. The predicted octanol–water partition coefficient (Wildman–Crippen LogP) is 4.02. The van der Waals surface area contributed by atoms with Gasteiger partial charge in [-0.15, -0.1) is 0 Å². The molecule has 0 aliphatic carbocycles. The van der Waals surface area contributed by atoms with E-state index in [-0.39, 0.29) is 6.04 Å². The van der Waals surface area contributed by atoms with Gasteiger partial charge in [-0.1, -0.05) is 30.3 Å². The molecule has 0 aromatic heterocycles. The third-order valence-corrected chi connectivity index (χ3v) is 4.89. The Morgan fingerprint density at radius 3 is 2.83 bits per heavy atom. The lowest BCUT2D eigenvalue weighted by molar-refractivity contribution is 0.0493. The van der Waals surface area contributed by atoms with Gasteiger partial charge in [0.15, 0.2) is 10.8 Å². The average Bonchev–Trinajstić information content (AvgIpc) is 2.56. The van der Waals surface area contributed by atoms with Gasteiger partial charge in [-0.3, -0.25) is 4.90 Å². The molecule has 0 spiro atoms. The van der Waals surface area contributed by atoms with Crippen LogP contribution in [0.5, 0.6) is 11.5 Å². The molecule has 4 nitrogen and oxygen atoms in total. The highest BCUT2D eigenvalue weighted by molar-refractivity contribution is 7.80. The highest BCUT2D eigenvalue weighted by Crippen LogP contribution is 2.47. The first kappa shape index (κ1) is 15.3. The van der Waals surface area contributed by atoms with Crippen LogP contribution in [0.2, 0.25) is 0 Å². The molecule has 2 aromatic rings. The molecule has 124 valence electrons. The van der Waals surface area contributed by atoms with Crippen LogP contribution < -0.4 is 19.7 Å². The minimum atomic E-state index is -0.547. The van der Waals surface area contributed by atoms with Crippen LogP contribution in [0.3, 0.4) is 0 Å². The molecule has 0 radical (unpaired) electrons. The van der Waals surface area contributed by atoms with Gasteiger partial charge in [0.2, 0.25) is 0 Å². The van der Waals surface area contributed by atoms with Crippen LogP contribution in [0, 0.1) is 0 Å². The number of thiocarbonyl (C=S) groups is 1. The molecule has 4 rings (SSSR count). The van der Waals surface area contributed by atoms with Crippen molar-refractivity contribution >= 4 is 23.0 Å². The van der Waals surface area contributed by atoms with Crippen LogP contribution in [0.25, 0.3) is 0 Å². The maximum absolute atomic E-state index is 6.40. The molecule has 5 heteroatoms. The number of nitrogens with one attached hydrogen (secondary N) is 1. The fourth-order valence-corrected chi connectivity index (χ4v) is 4.04. The van der Waals surface area contributed by atoms with Gasteiger partial charge in [0, 0.05) is 12.0 Å². The van der Waals surface area contributed by atoms with Gasteiger partial charge in [-0.2, -0.15) is 0 Å². The van der Waals surface area contributed by atoms with Gasteiger partial charge in [-0.25, -0.2) is 0 Å². The molecule has 2 atom stereocenters. The molecule has 2 aliphatic rings. The molecule has 2 heterocycles. The van der Waals surface area contributed by atoms with E-state index in [2.05, 4.69) is 18.3 Å². The van der Waals surface area contributed by atoms with Crippen LogP contribution in [0.1, 0.15) is 31.9 Å². The number of para-hydroxylation sites is 3. The largest absolute Gasteiger partial charge is 0.492 e. The van der Waals surface area contributed by atoms with E-state index in [1.807, 2.05) is 54.3 Å². The summed E-state index contributed by atoms with van der Waals surface area (Å²) in [5.41, 5.74) is 1.54. The van der Waals surface area contributed by atoms with E-state index in [1.165, 1.54) is 0 Å². The Morgan fingerprint density at radius 1 is 1.25 bits per heavy atom. The molecule has 1 N–H and O–H groups in total. The zero-order valence-electron chi connectivity index (χ0n) is 13.8. The standard InChI is InChI=1S/C19H20N2O2S/c1-3-22-17-11-7-5-9-15(17)21-18(24)20-14-12-19(21,2)23-16-10-6-4-8-13(14)16/h4-11,14H,3,12H2,1-2H3,(H,20,24). The molecule has 2 aliphatic heterocycles. The van der Waals surface area contributed by atoms with Crippen molar-refractivity contribution in [2.24, 2.45) is 0 Å². The summed E-state index contributed by atoms with van der Waals surface area (Å²) in [6, 6.07) is 16.3. The van der Waals surface area contributed by atoms with Crippen molar-refractivity contribution < 1.29 is 9.47 Å². The highest BCUT2D eigenvalue weighted by Gasteiger charge is 2.48. The molecular formula is C19H20N2O2S. The number of nitrogens with zero attached hydrogens (tertiary/aromatic N) is 1. The quantitative estimate of drug-likeness (QED) is 0.854. The summed E-state index contributed by atoms with van der Waals surface area (Å²) in [5, 5.41) is 4.13. The first-order valence-electron chi connectivity index (χ1n) is 8.23. The van der Waals surface area contributed by atoms with Gasteiger partial charge < -0.3 is 14.8 Å². The van der Waals surface area contributed by atoms with Crippen LogP contribution in [0.4, 0.5) is 5.69 Å². The lowest BCUT2D eigenvalue weighted by Gasteiger charge is -2.52. The van der Waals surface area contributed by atoms with Crippen LogP contribution in [-0.2, 0) is 0 Å². The number of hydrogen-bond donors (Lipinski definition) is 1. The van der Waals surface area contributed by atoms with E-state index >= 15 is 0 Å². The Labute approximate surface area is 147 Å². The van der Waals surface area contributed by atoms with E-state index in [4.69, 9.17) is 21.7 Å². The fourth-order valence-electron chi connectivity index (χ4n) is 3.61. The number of fused-ring (bicyclic) bond motifs is 4. The summed E-state index contributed by atoms with van der Waals surface area (Å²) >= 11 is 5.69. The summed E-state index contributed by atoms with van der Waals surface area (Å²) in [5.74, 6) is 1.72. The van der Waals surface area contributed by atoms with Crippen LogP contribution in [-0.4, -0.2) is 17.4 Å². The van der Waals surface area contributed by atoms with Crippen molar-refractivity contribution in [3.8, 4) is 11.5 Å². The topological polar surface area (TPSA) is 33.7 Å². The molecule has 2 bridgehead atoms. The molecule has 2 aromatic carbocycles. The van der Waals surface area contributed by atoms with Crippen molar-refractivity contribution in [1.29, 1.82) is 0 Å². The molecule has 1 saturated heterocycles. The lowest BCUT2D eigenvalue weighted by atomic mass is 9.90. The predicted molar refractivity (Wildman–Crippen MR) is 98.7 cm³/mol. The number of rotatable bonds is 3. The summed E-state index contributed by atoms with van der Waals surface area (Å²) < 4.78 is 12.2. The summed E-state index contributed by atoms with van der Waals surface area (Å²) in [6.45, 7) is 4.68. The van der Waals surface area contributed by atoms with Gasteiger partial charge in [0.25, 0.3) is 0 Å². The normalized spacial score (nSPS) is 24.7. The molecule has 24 heavy (non-hydrogen) atoms. The van der Waals surface area contributed by atoms with Crippen molar-refractivity contribution in [2.75, 3.05) is 11.5 Å². The zero-order valence-corrected chi connectivity index (χ0v) is 14.6. The third-order valence-electron chi connectivity index (χ3n) is 4.59. The Kier molecular flexibility index (Phi) is 3.61. The van der Waals surface area contributed by atoms with Crippen molar-refractivity contribution in [3.05, 3.63) is 54.1 Å². The fraction of sp³-hybridized carbons (Fsp3) is 0.316. The highest BCUT2D eigenvalue weighted by atomic mass is 32.1. The van der Waals surface area contributed by atoms with E-state index in [9.17, 15) is 0 Å². The van der Waals surface area contributed by atoms with Gasteiger partial charge >= 0.3 is 0 Å². The second-order valence-electron chi connectivity index (χ2n) is 6.26. The minimum Gasteiger partial charge on any atom is -0.492 e. The van der Waals surface area contributed by atoms with E-state index in [0.29, 0.717) is 11.7 Å². The summed E-state index contributed by atoms with van der Waals surface area (Å²) in [7, 11) is 0. The van der Waals surface area contributed by atoms with Gasteiger partial charge in [0.05, 0.1) is 18.3 Å². The van der Waals surface area contributed by atoms with E-state index < -0.39 is 5.72 Å². The number of hydrogen-bond acceptors (Lipinski definition) is 3. The van der Waals surface area contributed by atoms with Crippen LogP contribution >= 0.6 is 12.2 Å². The number of benzene rings is 2. The maximum Gasteiger partial charge on any atom is 0.188 e. The SMILES string of the molecule is CCOc1ccccc1N1C(=S)NC2CC1(C)Oc1ccccc12. The Balaban J connectivity index is 1.80. The van der Waals surface area contributed by atoms with Gasteiger partial charge in [0.1, 0.15) is 11.5 Å². The molecule has 2 unspecified atom stereocenters. The van der Waals surface area contributed by atoms with E-state index in [1.54, 1.807) is 0 Å². The summed E-state index contributed by atoms with van der Waals surface area (Å²) in [4.78, 5) is 2.04. The Morgan fingerprint density at radius 2 is 2.00 bits per heavy atom. The Hall–Kier alpha value is -2.27.